The Morgan fingerprint density at radius 1 is 0.857 bits per heavy atom. The van der Waals surface area contributed by atoms with Gasteiger partial charge in [-0.25, -0.2) is 13.9 Å². The van der Waals surface area contributed by atoms with E-state index in [0.717, 1.165) is 33.5 Å². The van der Waals surface area contributed by atoms with Gasteiger partial charge in [0.25, 0.3) is 0 Å². The van der Waals surface area contributed by atoms with Crippen molar-refractivity contribution in [3.63, 3.8) is 0 Å². The molecule has 0 bridgehead atoms. The maximum Gasteiger partial charge on any atom is 0.350 e. The summed E-state index contributed by atoms with van der Waals surface area (Å²) in [5, 5.41) is 4.34. The molecule has 0 aliphatic carbocycles. The first-order chi connectivity index (χ1) is 13.3. The fourth-order valence-electron chi connectivity index (χ4n) is 3.32. The third kappa shape index (κ3) is 2.97. The maximum atomic E-state index is 13.0. The van der Waals surface area contributed by atoms with Crippen LogP contribution < -0.4 is 11.2 Å². The number of aromatic nitrogens is 4. The molecule has 4 rings (SSSR count). The SMILES string of the molecule is Cc1ccc(C)c(Cn2nc3c(=O)n(-c4ccc(C)c(C)c4)ccn3c2=O)c1. The Morgan fingerprint density at radius 2 is 1.61 bits per heavy atom. The average Bonchev–Trinajstić information content (AvgIpc) is 2.98. The summed E-state index contributed by atoms with van der Waals surface area (Å²) in [7, 11) is 0. The Kier molecular flexibility index (Phi) is 4.26. The minimum atomic E-state index is -0.319. The fraction of sp³-hybridized carbons (Fsp3) is 0.227. The zero-order valence-corrected chi connectivity index (χ0v) is 16.4. The van der Waals surface area contributed by atoms with Crippen LogP contribution in [0.2, 0.25) is 0 Å². The van der Waals surface area contributed by atoms with Gasteiger partial charge >= 0.3 is 11.2 Å². The molecule has 2 aromatic heterocycles. The topological polar surface area (TPSA) is 61.3 Å². The standard InChI is InChI=1S/C22H22N4O2/c1-14-5-6-16(3)18(11-14)13-26-22(28)25-10-9-24(21(27)20(25)23-26)19-8-7-15(2)17(4)12-19/h5-12H,13H2,1-4H3. The summed E-state index contributed by atoms with van der Waals surface area (Å²) in [6, 6.07) is 11.9. The summed E-state index contributed by atoms with van der Waals surface area (Å²) in [6.07, 6.45) is 3.21. The maximum absolute atomic E-state index is 13.0. The van der Waals surface area contributed by atoms with Crippen molar-refractivity contribution in [1.82, 2.24) is 18.7 Å². The van der Waals surface area contributed by atoms with E-state index in [1.165, 1.54) is 13.6 Å². The highest BCUT2D eigenvalue weighted by Gasteiger charge is 2.14. The Balaban J connectivity index is 1.84. The predicted molar refractivity (Wildman–Crippen MR) is 110 cm³/mol. The lowest BCUT2D eigenvalue weighted by atomic mass is 10.1. The molecule has 0 aliphatic rings. The number of rotatable bonds is 3. The highest BCUT2D eigenvalue weighted by Crippen LogP contribution is 2.13. The molecule has 28 heavy (non-hydrogen) atoms. The van der Waals surface area contributed by atoms with E-state index < -0.39 is 0 Å². The smallest absolute Gasteiger partial charge is 0.280 e. The molecule has 0 fully saturated rings. The molecule has 0 saturated heterocycles. The number of benzene rings is 2. The molecule has 0 amide bonds. The van der Waals surface area contributed by atoms with Crippen LogP contribution in [-0.4, -0.2) is 18.7 Å². The quantitative estimate of drug-likeness (QED) is 0.554. The summed E-state index contributed by atoms with van der Waals surface area (Å²) in [5.41, 5.74) is 5.72. The summed E-state index contributed by atoms with van der Waals surface area (Å²) in [4.78, 5) is 25.7. The van der Waals surface area contributed by atoms with E-state index in [4.69, 9.17) is 0 Å². The van der Waals surface area contributed by atoms with Gasteiger partial charge in [0, 0.05) is 18.1 Å². The highest BCUT2D eigenvalue weighted by atomic mass is 16.2. The third-order valence-corrected chi connectivity index (χ3v) is 5.24. The lowest BCUT2D eigenvalue weighted by molar-refractivity contribution is 0.656. The molecule has 0 spiro atoms. The van der Waals surface area contributed by atoms with Gasteiger partial charge in [0.1, 0.15) is 0 Å². The van der Waals surface area contributed by atoms with Crippen LogP contribution in [0.5, 0.6) is 0 Å². The second kappa shape index (κ2) is 6.64. The lowest BCUT2D eigenvalue weighted by Gasteiger charge is -2.08. The normalized spacial score (nSPS) is 11.3. The summed E-state index contributed by atoms with van der Waals surface area (Å²) in [5.74, 6) is 0. The molecular formula is C22H22N4O2. The first-order valence-electron chi connectivity index (χ1n) is 9.20. The van der Waals surface area contributed by atoms with E-state index >= 15 is 0 Å². The lowest BCUT2D eigenvalue weighted by Crippen LogP contribution is -2.24. The van der Waals surface area contributed by atoms with Crippen molar-refractivity contribution in [2.45, 2.75) is 34.2 Å². The van der Waals surface area contributed by atoms with Crippen LogP contribution in [0.25, 0.3) is 11.3 Å². The van der Waals surface area contributed by atoms with Gasteiger partial charge in [-0.2, -0.15) is 0 Å². The third-order valence-electron chi connectivity index (χ3n) is 5.24. The van der Waals surface area contributed by atoms with Crippen molar-refractivity contribution in [3.05, 3.63) is 97.4 Å². The molecule has 0 saturated carbocycles. The van der Waals surface area contributed by atoms with Gasteiger partial charge in [0.15, 0.2) is 0 Å². The highest BCUT2D eigenvalue weighted by molar-refractivity contribution is 5.43. The van der Waals surface area contributed by atoms with E-state index in [1.54, 1.807) is 12.4 Å². The Morgan fingerprint density at radius 3 is 2.36 bits per heavy atom. The van der Waals surface area contributed by atoms with Gasteiger partial charge in [-0.1, -0.05) is 29.8 Å². The van der Waals surface area contributed by atoms with Gasteiger partial charge < -0.3 is 0 Å². The van der Waals surface area contributed by atoms with Crippen LogP contribution >= 0.6 is 0 Å². The van der Waals surface area contributed by atoms with E-state index in [2.05, 4.69) is 5.10 Å². The first-order valence-corrected chi connectivity index (χ1v) is 9.20. The minimum absolute atomic E-state index is 0.121. The Labute approximate surface area is 162 Å². The molecule has 0 aliphatic heterocycles. The fourth-order valence-corrected chi connectivity index (χ4v) is 3.32. The molecule has 0 unspecified atom stereocenters. The first kappa shape index (κ1) is 18.0. The Bertz CT molecular complexity index is 1320. The van der Waals surface area contributed by atoms with Crippen molar-refractivity contribution < 1.29 is 0 Å². The minimum Gasteiger partial charge on any atom is -0.280 e. The summed E-state index contributed by atoms with van der Waals surface area (Å²) < 4.78 is 4.19. The van der Waals surface area contributed by atoms with Crippen LogP contribution in [0, 0.1) is 27.7 Å². The van der Waals surface area contributed by atoms with Crippen molar-refractivity contribution in [2.75, 3.05) is 0 Å². The van der Waals surface area contributed by atoms with Gasteiger partial charge in [-0.05, 0) is 62.1 Å². The van der Waals surface area contributed by atoms with Gasteiger partial charge in [0.2, 0.25) is 5.65 Å². The summed E-state index contributed by atoms with van der Waals surface area (Å²) >= 11 is 0. The van der Waals surface area contributed by atoms with Gasteiger partial charge in [-0.15, -0.1) is 5.10 Å². The molecule has 0 atom stereocenters. The molecule has 2 aromatic carbocycles. The molecule has 4 aromatic rings. The second-order valence-corrected chi connectivity index (χ2v) is 7.31. The monoisotopic (exact) mass is 374 g/mol. The van der Waals surface area contributed by atoms with Crippen LogP contribution in [-0.2, 0) is 6.54 Å². The van der Waals surface area contributed by atoms with E-state index in [1.807, 2.05) is 64.1 Å². The van der Waals surface area contributed by atoms with E-state index in [9.17, 15) is 9.59 Å². The van der Waals surface area contributed by atoms with Crippen LogP contribution in [0.1, 0.15) is 27.8 Å². The number of fused-ring (bicyclic) bond motifs is 1. The molecular weight excluding hydrogens is 352 g/mol. The Hall–Kier alpha value is -3.41. The number of hydrogen-bond acceptors (Lipinski definition) is 3. The molecule has 2 heterocycles. The molecule has 142 valence electrons. The number of hydrogen-bond donors (Lipinski definition) is 0. The van der Waals surface area contributed by atoms with Crippen molar-refractivity contribution in [3.8, 4) is 5.69 Å². The summed E-state index contributed by atoms with van der Waals surface area (Å²) in [6.45, 7) is 8.38. The molecule has 0 radical (unpaired) electrons. The van der Waals surface area contributed by atoms with Crippen molar-refractivity contribution in [1.29, 1.82) is 0 Å². The average molecular weight is 374 g/mol. The second-order valence-electron chi connectivity index (χ2n) is 7.31. The largest absolute Gasteiger partial charge is 0.350 e. The predicted octanol–water partition coefficient (Wildman–Crippen LogP) is 2.93. The van der Waals surface area contributed by atoms with Gasteiger partial charge in [0.05, 0.1) is 6.54 Å². The van der Waals surface area contributed by atoms with E-state index in [0.29, 0.717) is 6.54 Å². The molecule has 6 heteroatoms. The zero-order chi connectivity index (χ0) is 20.0. The number of nitrogens with zero attached hydrogens (tertiary/aromatic N) is 4. The zero-order valence-electron chi connectivity index (χ0n) is 16.4. The van der Waals surface area contributed by atoms with Crippen molar-refractivity contribution in [2.24, 2.45) is 0 Å². The molecule has 6 nitrogen and oxygen atoms in total. The molecule has 0 N–H and O–H groups in total. The van der Waals surface area contributed by atoms with Gasteiger partial charge in [-0.3, -0.25) is 9.36 Å². The number of aryl methyl sites for hydroxylation is 4. The van der Waals surface area contributed by atoms with Crippen LogP contribution in [0.4, 0.5) is 0 Å². The van der Waals surface area contributed by atoms with E-state index in [-0.39, 0.29) is 16.9 Å². The van der Waals surface area contributed by atoms with Crippen LogP contribution in [0.3, 0.4) is 0 Å². The van der Waals surface area contributed by atoms with Crippen molar-refractivity contribution >= 4 is 5.65 Å². The van der Waals surface area contributed by atoms with Crippen LogP contribution in [0.15, 0.2) is 58.4 Å².